The number of thiazole rings is 1. The van der Waals surface area contributed by atoms with Gasteiger partial charge in [-0.3, -0.25) is 9.59 Å². The van der Waals surface area contributed by atoms with Gasteiger partial charge in [-0.15, -0.1) is 11.3 Å². The molecule has 0 aliphatic rings. The van der Waals surface area contributed by atoms with Crippen LogP contribution in [0.4, 0.5) is 5.69 Å². The van der Waals surface area contributed by atoms with Gasteiger partial charge in [0.15, 0.2) is 4.34 Å². The fourth-order valence-corrected chi connectivity index (χ4v) is 4.02. The summed E-state index contributed by atoms with van der Waals surface area (Å²) in [7, 11) is 0. The molecule has 1 heterocycles. The minimum absolute atomic E-state index is 0.130. The predicted octanol–water partition coefficient (Wildman–Crippen LogP) is 4.54. The van der Waals surface area contributed by atoms with Crippen LogP contribution < -0.4 is 5.32 Å². The molecule has 122 valence electrons. The largest absolute Gasteiger partial charge is 0.322 e. The molecule has 0 bridgehead atoms. The summed E-state index contributed by atoms with van der Waals surface area (Å²) in [5.41, 5.74) is 3.36. The third-order valence-electron chi connectivity index (χ3n) is 3.34. The summed E-state index contributed by atoms with van der Waals surface area (Å²) >= 11 is 2.97. The number of hydrogen-bond donors (Lipinski definition) is 1. The number of anilines is 1. The molecule has 1 amide bonds. The SMILES string of the molecule is CC(=O)CSc1nc2ccc(NC(=O)c3ccc(C)cc3)cc2s1. The van der Waals surface area contributed by atoms with Crippen LogP contribution in [-0.2, 0) is 4.79 Å². The van der Waals surface area contributed by atoms with Crippen molar-refractivity contribution >= 4 is 50.7 Å². The van der Waals surface area contributed by atoms with E-state index in [1.54, 1.807) is 6.92 Å². The quantitative estimate of drug-likeness (QED) is 0.682. The van der Waals surface area contributed by atoms with Crippen LogP contribution in [0.5, 0.6) is 0 Å². The molecule has 0 unspecified atom stereocenters. The lowest BCUT2D eigenvalue weighted by molar-refractivity contribution is -0.114. The van der Waals surface area contributed by atoms with Crippen LogP contribution in [0.25, 0.3) is 10.2 Å². The molecule has 0 aliphatic carbocycles. The number of carbonyl (C=O) groups excluding carboxylic acids is 2. The Bertz CT molecular complexity index is 901. The lowest BCUT2D eigenvalue weighted by Crippen LogP contribution is -2.11. The number of nitrogens with zero attached hydrogens (tertiary/aromatic N) is 1. The van der Waals surface area contributed by atoms with Crippen LogP contribution in [0, 0.1) is 6.92 Å². The number of nitrogens with one attached hydrogen (secondary N) is 1. The van der Waals surface area contributed by atoms with Crippen LogP contribution in [-0.4, -0.2) is 22.4 Å². The summed E-state index contributed by atoms with van der Waals surface area (Å²) in [5, 5.41) is 2.91. The molecule has 3 rings (SSSR count). The molecule has 4 nitrogen and oxygen atoms in total. The average Bonchev–Trinajstić information content (AvgIpc) is 2.95. The van der Waals surface area contributed by atoms with E-state index in [2.05, 4.69) is 10.3 Å². The van der Waals surface area contributed by atoms with Gasteiger partial charge in [-0.05, 0) is 44.2 Å². The van der Waals surface area contributed by atoms with Crippen molar-refractivity contribution in [3.63, 3.8) is 0 Å². The number of benzene rings is 2. The Morgan fingerprint density at radius 2 is 1.92 bits per heavy atom. The second-order valence-corrected chi connectivity index (χ2v) is 7.73. The fourth-order valence-electron chi connectivity index (χ4n) is 2.11. The van der Waals surface area contributed by atoms with Gasteiger partial charge in [-0.2, -0.15) is 0 Å². The zero-order valence-corrected chi connectivity index (χ0v) is 15.0. The topological polar surface area (TPSA) is 59.1 Å². The van der Waals surface area contributed by atoms with Gasteiger partial charge >= 0.3 is 0 Å². The van der Waals surface area contributed by atoms with Crippen molar-refractivity contribution in [2.24, 2.45) is 0 Å². The number of carbonyl (C=O) groups is 2. The van der Waals surface area contributed by atoms with Crippen LogP contribution in [0.1, 0.15) is 22.8 Å². The van der Waals surface area contributed by atoms with E-state index in [9.17, 15) is 9.59 Å². The molecule has 1 N–H and O–H groups in total. The Kier molecular flexibility index (Phi) is 4.97. The number of Topliss-reactive ketones (excluding diaryl/α,β-unsaturated/α-hetero) is 1. The predicted molar refractivity (Wildman–Crippen MR) is 100 cm³/mol. The molecule has 0 spiro atoms. The monoisotopic (exact) mass is 356 g/mol. The van der Waals surface area contributed by atoms with Crippen LogP contribution in [0.15, 0.2) is 46.8 Å². The molecule has 0 radical (unpaired) electrons. The zero-order valence-electron chi connectivity index (χ0n) is 13.3. The minimum Gasteiger partial charge on any atom is -0.322 e. The van der Waals surface area contributed by atoms with Gasteiger partial charge in [-0.1, -0.05) is 29.5 Å². The van der Waals surface area contributed by atoms with Crippen molar-refractivity contribution in [2.45, 2.75) is 18.2 Å². The maximum atomic E-state index is 12.3. The number of amides is 1. The van der Waals surface area contributed by atoms with E-state index < -0.39 is 0 Å². The minimum atomic E-state index is -0.134. The third kappa shape index (κ3) is 4.01. The van der Waals surface area contributed by atoms with E-state index in [-0.39, 0.29) is 11.7 Å². The Morgan fingerprint density at radius 1 is 1.17 bits per heavy atom. The molecule has 0 fully saturated rings. The first-order valence-corrected chi connectivity index (χ1v) is 9.22. The first kappa shape index (κ1) is 16.7. The smallest absolute Gasteiger partial charge is 0.255 e. The molecule has 0 saturated heterocycles. The van der Waals surface area contributed by atoms with Crippen LogP contribution >= 0.6 is 23.1 Å². The Hall–Kier alpha value is -2.18. The van der Waals surface area contributed by atoms with Crippen molar-refractivity contribution in [2.75, 3.05) is 11.1 Å². The summed E-state index contributed by atoms with van der Waals surface area (Å²) in [4.78, 5) is 27.8. The van der Waals surface area contributed by atoms with Crippen molar-refractivity contribution in [3.8, 4) is 0 Å². The lowest BCUT2D eigenvalue weighted by atomic mass is 10.1. The highest BCUT2D eigenvalue weighted by Crippen LogP contribution is 2.31. The Morgan fingerprint density at radius 3 is 2.62 bits per heavy atom. The zero-order chi connectivity index (χ0) is 17.1. The molecule has 24 heavy (non-hydrogen) atoms. The normalized spacial score (nSPS) is 10.8. The van der Waals surface area contributed by atoms with Gasteiger partial charge < -0.3 is 5.32 Å². The highest BCUT2D eigenvalue weighted by Gasteiger charge is 2.09. The molecular weight excluding hydrogens is 340 g/mol. The highest BCUT2D eigenvalue weighted by molar-refractivity contribution is 8.01. The summed E-state index contributed by atoms with van der Waals surface area (Å²) in [6.45, 7) is 3.56. The van der Waals surface area contributed by atoms with Crippen molar-refractivity contribution < 1.29 is 9.59 Å². The Labute approximate surface area is 148 Å². The van der Waals surface area contributed by atoms with E-state index >= 15 is 0 Å². The van der Waals surface area contributed by atoms with Crippen LogP contribution in [0.2, 0.25) is 0 Å². The molecule has 0 saturated carbocycles. The van der Waals surface area contributed by atoms with E-state index in [0.717, 1.165) is 25.8 Å². The van der Waals surface area contributed by atoms with Gasteiger partial charge in [0.25, 0.3) is 5.91 Å². The molecule has 1 aromatic heterocycles. The lowest BCUT2D eigenvalue weighted by Gasteiger charge is -2.05. The molecule has 0 aliphatic heterocycles. The van der Waals surface area contributed by atoms with Crippen LogP contribution in [0.3, 0.4) is 0 Å². The number of thioether (sulfide) groups is 1. The second kappa shape index (κ2) is 7.15. The number of aromatic nitrogens is 1. The van der Waals surface area contributed by atoms with Crippen molar-refractivity contribution in [1.29, 1.82) is 0 Å². The van der Waals surface area contributed by atoms with Gasteiger partial charge in [-0.25, -0.2) is 4.98 Å². The number of fused-ring (bicyclic) bond motifs is 1. The van der Waals surface area contributed by atoms with Gasteiger partial charge in [0.1, 0.15) is 5.78 Å². The van der Waals surface area contributed by atoms with E-state index in [0.29, 0.717) is 11.3 Å². The molecular formula is C18H16N2O2S2. The summed E-state index contributed by atoms with van der Waals surface area (Å²) in [6.07, 6.45) is 0. The standard InChI is InChI=1S/C18H16N2O2S2/c1-11-3-5-13(6-4-11)17(22)19-14-7-8-15-16(9-14)24-18(20-15)23-10-12(2)21/h3-9H,10H2,1-2H3,(H,19,22). The number of ketones is 1. The molecule has 3 aromatic rings. The van der Waals surface area contributed by atoms with E-state index in [4.69, 9.17) is 0 Å². The average molecular weight is 356 g/mol. The van der Waals surface area contributed by atoms with Crippen molar-refractivity contribution in [3.05, 3.63) is 53.6 Å². The van der Waals surface area contributed by atoms with Gasteiger partial charge in [0, 0.05) is 11.3 Å². The first-order valence-electron chi connectivity index (χ1n) is 7.42. The number of aryl methyl sites for hydroxylation is 1. The third-order valence-corrected chi connectivity index (χ3v) is 5.64. The van der Waals surface area contributed by atoms with Gasteiger partial charge in [0.05, 0.1) is 16.0 Å². The number of hydrogen-bond acceptors (Lipinski definition) is 5. The van der Waals surface area contributed by atoms with Crippen molar-refractivity contribution in [1.82, 2.24) is 4.98 Å². The van der Waals surface area contributed by atoms with Gasteiger partial charge in [0.2, 0.25) is 0 Å². The molecule has 0 atom stereocenters. The summed E-state index contributed by atoms with van der Waals surface area (Å²) in [6, 6.07) is 13.1. The van der Waals surface area contributed by atoms with E-state index in [1.807, 2.05) is 49.4 Å². The Balaban J connectivity index is 1.76. The fraction of sp³-hybridized carbons (Fsp3) is 0.167. The maximum Gasteiger partial charge on any atom is 0.255 e. The summed E-state index contributed by atoms with van der Waals surface area (Å²) in [5.74, 6) is 0.423. The molecule has 6 heteroatoms. The highest BCUT2D eigenvalue weighted by atomic mass is 32.2. The van der Waals surface area contributed by atoms with E-state index in [1.165, 1.54) is 23.1 Å². The summed E-state index contributed by atoms with van der Waals surface area (Å²) < 4.78 is 1.85. The first-order chi connectivity index (χ1) is 11.5. The maximum absolute atomic E-state index is 12.3. The second-order valence-electron chi connectivity index (χ2n) is 5.47. The number of rotatable bonds is 5. The molecule has 2 aromatic carbocycles.